The van der Waals surface area contributed by atoms with E-state index >= 15 is 0 Å². The first-order valence-corrected chi connectivity index (χ1v) is 8.93. The number of hydrogen-bond acceptors (Lipinski definition) is 6. The van der Waals surface area contributed by atoms with Crippen molar-refractivity contribution in [3.63, 3.8) is 0 Å². The SMILES string of the molecule is CC(=O)O.CSCCC(N)C(=O)Nc1ccc2c(C)cc(=O)oc2c1. The number of nitrogens with one attached hydrogen (secondary N) is 1. The van der Waals surface area contributed by atoms with E-state index in [4.69, 9.17) is 20.1 Å². The standard InChI is InChI=1S/C15H18N2O3S.C2H4O2/c1-9-7-14(18)20-13-8-10(3-4-11(9)13)17-15(19)12(16)5-6-21-2;1-2(3)4/h3-4,7-8,12H,5-6,16H2,1-2H3,(H,17,19);1H3,(H,3,4). The van der Waals surface area contributed by atoms with Gasteiger partial charge in [-0.05, 0) is 43.0 Å². The van der Waals surface area contributed by atoms with E-state index in [2.05, 4.69) is 5.32 Å². The molecule has 0 aliphatic carbocycles. The van der Waals surface area contributed by atoms with E-state index in [1.807, 2.05) is 19.2 Å². The lowest BCUT2D eigenvalue weighted by molar-refractivity contribution is -0.134. The summed E-state index contributed by atoms with van der Waals surface area (Å²) in [7, 11) is 0. The van der Waals surface area contributed by atoms with Gasteiger partial charge in [-0.25, -0.2) is 4.79 Å². The Morgan fingerprint density at radius 3 is 2.60 bits per heavy atom. The zero-order valence-corrected chi connectivity index (χ0v) is 15.2. The van der Waals surface area contributed by atoms with Crippen LogP contribution in [0.3, 0.4) is 0 Å². The fourth-order valence-corrected chi connectivity index (χ4v) is 2.50. The minimum atomic E-state index is -0.833. The number of carbonyl (C=O) groups excluding carboxylic acids is 1. The summed E-state index contributed by atoms with van der Waals surface area (Å²) in [4.78, 5) is 32.3. The number of benzene rings is 1. The third-order valence-corrected chi connectivity index (χ3v) is 3.83. The first-order valence-electron chi connectivity index (χ1n) is 7.54. The number of anilines is 1. The van der Waals surface area contributed by atoms with Gasteiger partial charge in [0.05, 0.1) is 6.04 Å². The van der Waals surface area contributed by atoms with Gasteiger partial charge in [-0.15, -0.1) is 0 Å². The number of thioether (sulfide) groups is 1. The van der Waals surface area contributed by atoms with Crippen LogP contribution in [0.4, 0.5) is 5.69 Å². The molecule has 2 aromatic rings. The smallest absolute Gasteiger partial charge is 0.336 e. The number of carbonyl (C=O) groups is 2. The quantitative estimate of drug-likeness (QED) is 0.693. The molecule has 1 atom stereocenters. The van der Waals surface area contributed by atoms with Crippen molar-refractivity contribution in [3.8, 4) is 0 Å². The maximum atomic E-state index is 12.0. The average molecular weight is 366 g/mol. The molecule has 1 amide bonds. The lowest BCUT2D eigenvalue weighted by Crippen LogP contribution is -2.36. The summed E-state index contributed by atoms with van der Waals surface area (Å²) in [5, 5.41) is 11.0. The predicted molar refractivity (Wildman–Crippen MR) is 100 cm³/mol. The lowest BCUT2D eigenvalue weighted by atomic mass is 10.1. The van der Waals surface area contributed by atoms with Crippen molar-refractivity contribution in [1.82, 2.24) is 0 Å². The molecule has 0 saturated carbocycles. The number of carboxylic acids is 1. The Bertz CT molecular complexity index is 799. The van der Waals surface area contributed by atoms with Gasteiger partial charge in [-0.1, -0.05) is 0 Å². The Morgan fingerprint density at radius 2 is 2.00 bits per heavy atom. The van der Waals surface area contributed by atoms with Crippen LogP contribution in [0.1, 0.15) is 18.9 Å². The first-order chi connectivity index (χ1) is 11.7. The second kappa shape index (κ2) is 9.85. The number of amides is 1. The van der Waals surface area contributed by atoms with Crippen LogP contribution >= 0.6 is 11.8 Å². The van der Waals surface area contributed by atoms with Crippen LogP contribution in [0.2, 0.25) is 0 Å². The highest BCUT2D eigenvalue weighted by Gasteiger charge is 2.13. The summed E-state index contributed by atoms with van der Waals surface area (Å²) >= 11 is 1.65. The third kappa shape index (κ3) is 6.98. The highest BCUT2D eigenvalue weighted by molar-refractivity contribution is 7.98. The molecule has 1 heterocycles. The van der Waals surface area contributed by atoms with Crippen molar-refractivity contribution in [2.45, 2.75) is 26.3 Å². The van der Waals surface area contributed by atoms with E-state index in [0.717, 1.165) is 23.6 Å². The Labute approximate surface area is 149 Å². The lowest BCUT2D eigenvalue weighted by Gasteiger charge is -2.12. The molecule has 1 aromatic carbocycles. The summed E-state index contributed by atoms with van der Waals surface area (Å²) < 4.78 is 5.15. The molecule has 0 aliphatic rings. The van der Waals surface area contributed by atoms with E-state index in [9.17, 15) is 9.59 Å². The van der Waals surface area contributed by atoms with E-state index in [-0.39, 0.29) is 5.91 Å². The summed E-state index contributed by atoms with van der Waals surface area (Å²) in [6, 6.07) is 6.13. The van der Waals surface area contributed by atoms with Crippen molar-refractivity contribution in [1.29, 1.82) is 0 Å². The zero-order chi connectivity index (χ0) is 19.0. The predicted octanol–water partition coefficient (Wildman–Crippen LogP) is 2.21. The second-order valence-electron chi connectivity index (χ2n) is 5.36. The van der Waals surface area contributed by atoms with Gasteiger partial charge >= 0.3 is 5.63 Å². The maximum Gasteiger partial charge on any atom is 0.336 e. The number of carboxylic acid groups (broad SMARTS) is 1. The van der Waals surface area contributed by atoms with Gasteiger partial charge in [0.2, 0.25) is 5.91 Å². The van der Waals surface area contributed by atoms with Gasteiger partial charge in [-0.2, -0.15) is 11.8 Å². The molecule has 0 bridgehead atoms. The number of nitrogens with two attached hydrogens (primary N) is 1. The highest BCUT2D eigenvalue weighted by atomic mass is 32.2. The summed E-state index contributed by atoms with van der Waals surface area (Å²) in [6.07, 6.45) is 2.59. The van der Waals surface area contributed by atoms with E-state index < -0.39 is 17.6 Å². The second-order valence-corrected chi connectivity index (χ2v) is 6.34. The molecule has 0 spiro atoms. The van der Waals surface area contributed by atoms with E-state index in [1.54, 1.807) is 23.9 Å². The maximum absolute atomic E-state index is 12.0. The monoisotopic (exact) mass is 366 g/mol. The van der Waals surface area contributed by atoms with E-state index in [0.29, 0.717) is 17.7 Å². The molecular formula is C17H22N2O5S. The van der Waals surface area contributed by atoms with Crippen LogP contribution in [0.15, 0.2) is 33.5 Å². The van der Waals surface area contributed by atoms with Crippen LogP contribution in [0.5, 0.6) is 0 Å². The highest BCUT2D eigenvalue weighted by Crippen LogP contribution is 2.20. The molecule has 4 N–H and O–H groups in total. The molecule has 0 radical (unpaired) electrons. The van der Waals surface area contributed by atoms with Gasteiger partial charge < -0.3 is 20.6 Å². The van der Waals surface area contributed by atoms with E-state index in [1.165, 1.54) is 6.07 Å². The molecule has 0 aliphatic heterocycles. The minimum absolute atomic E-state index is 0.238. The third-order valence-electron chi connectivity index (χ3n) is 3.19. The largest absolute Gasteiger partial charge is 0.481 e. The van der Waals surface area contributed by atoms with Crippen LogP contribution in [0, 0.1) is 6.92 Å². The Morgan fingerprint density at radius 1 is 1.36 bits per heavy atom. The number of aliphatic carboxylic acids is 1. The van der Waals surface area contributed by atoms with Crippen molar-refractivity contribution in [2.75, 3.05) is 17.3 Å². The fraction of sp³-hybridized carbons (Fsp3) is 0.353. The minimum Gasteiger partial charge on any atom is -0.481 e. The van der Waals surface area contributed by atoms with Crippen LogP contribution in [0.25, 0.3) is 11.0 Å². The molecule has 0 saturated heterocycles. The fourth-order valence-electron chi connectivity index (χ4n) is 2.01. The van der Waals surface area contributed by atoms with Crippen molar-refractivity contribution >= 4 is 40.3 Å². The molecule has 1 aromatic heterocycles. The number of hydrogen-bond donors (Lipinski definition) is 3. The first kappa shape index (κ1) is 20.7. The van der Waals surface area contributed by atoms with Gasteiger partial charge in [0.25, 0.3) is 5.97 Å². The molecule has 7 nitrogen and oxygen atoms in total. The van der Waals surface area contributed by atoms with Crippen molar-refractivity contribution < 1.29 is 19.1 Å². The van der Waals surface area contributed by atoms with Crippen LogP contribution in [-0.4, -0.2) is 35.0 Å². The van der Waals surface area contributed by atoms with Crippen molar-refractivity contribution in [2.24, 2.45) is 5.73 Å². The molecule has 0 fully saturated rings. The Balaban J connectivity index is 0.000000705. The van der Waals surface area contributed by atoms with Gasteiger partial charge in [0, 0.05) is 30.1 Å². The Kier molecular flexibility index (Phi) is 8.17. The summed E-state index contributed by atoms with van der Waals surface area (Å²) in [6.45, 7) is 2.93. The molecule has 1 unspecified atom stereocenters. The zero-order valence-electron chi connectivity index (χ0n) is 14.4. The summed E-state index contributed by atoms with van der Waals surface area (Å²) in [5.74, 6) is -0.237. The number of rotatable bonds is 5. The van der Waals surface area contributed by atoms with Crippen molar-refractivity contribution in [3.05, 3.63) is 40.2 Å². The molecular weight excluding hydrogens is 344 g/mol. The van der Waals surface area contributed by atoms with Gasteiger partial charge in [-0.3, -0.25) is 9.59 Å². The summed E-state index contributed by atoms with van der Waals surface area (Å²) in [5.41, 5.74) is 7.28. The van der Waals surface area contributed by atoms with Gasteiger partial charge in [0.1, 0.15) is 5.58 Å². The Hall–Kier alpha value is -2.32. The van der Waals surface area contributed by atoms with Crippen LogP contribution < -0.4 is 16.7 Å². The molecule has 136 valence electrons. The molecule has 8 heteroatoms. The molecule has 25 heavy (non-hydrogen) atoms. The van der Waals surface area contributed by atoms with Crippen LogP contribution in [-0.2, 0) is 9.59 Å². The number of aryl methyl sites for hydroxylation is 1. The average Bonchev–Trinajstić information content (AvgIpc) is 2.51. The molecule has 2 rings (SSSR count). The van der Waals surface area contributed by atoms with Gasteiger partial charge in [0.15, 0.2) is 0 Å². The number of fused-ring (bicyclic) bond motifs is 1. The topological polar surface area (TPSA) is 123 Å². The normalized spacial score (nSPS) is 11.4.